The van der Waals surface area contributed by atoms with E-state index in [4.69, 9.17) is 10.4 Å². The van der Waals surface area contributed by atoms with Crippen molar-refractivity contribution >= 4 is 23.6 Å². The molecular weight excluding hydrogens is 380 g/mol. The molecule has 28 heavy (non-hydrogen) atoms. The van der Waals surface area contributed by atoms with Crippen LogP contribution < -0.4 is 5.32 Å². The molecule has 0 saturated carbocycles. The SMILES string of the molecule is N#Cc1cccc(CNC(=O)CSc2nnnn2-c2ccc(C(=O)O)cc2)c1. The number of nitrogens with zero attached hydrogens (tertiary/aromatic N) is 5. The first-order chi connectivity index (χ1) is 13.6. The number of carboxylic acid groups (broad SMARTS) is 1. The van der Waals surface area contributed by atoms with Crippen molar-refractivity contribution in [2.24, 2.45) is 0 Å². The second kappa shape index (κ2) is 8.79. The highest BCUT2D eigenvalue weighted by molar-refractivity contribution is 7.99. The zero-order valence-electron chi connectivity index (χ0n) is 14.4. The van der Waals surface area contributed by atoms with Gasteiger partial charge >= 0.3 is 5.97 Å². The van der Waals surface area contributed by atoms with Crippen molar-refractivity contribution < 1.29 is 14.7 Å². The van der Waals surface area contributed by atoms with Gasteiger partial charge in [-0.25, -0.2) is 4.79 Å². The molecule has 0 aliphatic rings. The van der Waals surface area contributed by atoms with E-state index in [1.54, 1.807) is 30.3 Å². The number of amides is 1. The Bertz CT molecular complexity index is 1040. The molecule has 0 aliphatic heterocycles. The van der Waals surface area contributed by atoms with Crippen molar-refractivity contribution in [3.63, 3.8) is 0 Å². The molecule has 1 amide bonds. The predicted octanol–water partition coefficient (Wildman–Crippen LogP) is 1.64. The van der Waals surface area contributed by atoms with E-state index in [9.17, 15) is 9.59 Å². The normalized spacial score (nSPS) is 10.2. The number of rotatable bonds is 7. The van der Waals surface area contributed by atoms with Gasteiger partial charge in [0.1, 0.15) is 0 Å². The molecule has 2 N–H and O–H groups in total. The third-order valence-electron chi connectivity index (χ3n) is 3.68. The van der Waals surface area contributed by atoms with E-state index < -0.39 is 5.97 Å². The largest absolute Gasteiger partial charge is 0.478 e. The Balaban J connectivity index is 1.58. The lowest BCUT2D eigenvalue weighted by atomic mass is 10.1. The van der Waals surface area contributed by atoms with Gasteiger partial charge in [0, 0.05) is 6.54 Å². The lowest BCUT2D eigenvalue weighted by Crippen LogP contribution is -2.24. The maximum Gasteiger partial charge on any atom is 0.335 e. The molecule has 3 aromatic rings. The monoisotopic (exact) mass is 394 g/mol. The fourth-order valence-electron chi connectivity index (χ4n) is 2.31. The number of carboxylic acids is 1. The number of thioether (sulfide) groups is 1. The van der Waals surface area contributed by atoms with Crippen LogP contribution in [0.2, 0.25) is 0 Å². The van der Waals surface area contributed by atoms with Crippen molar-refractivity contribution in [3.05, 3.63) is 65.2 Å². The molecular formula is C18H14N6O3S. The number of tetrazole rings is 1. The number of nitriles is 1. The summed E-state index contributed by atoms with van der Waals surface area (Å²) in [6.07, 6.45) is 0. The second-order valence-corrected chi connectivity index (χ2v) is 6.55. The van der Waals surface area contributed by atoms with Gasteiger partial charge in [-0.3, -0.25) is 4.79 Å². The molecule has 0 spiro atoms. The summed E-state index contributed by atoms with van der Waals surface area (Å²) < 4.78 is 1.43. The fourth-order valence-corrected chi connectivity index (χ4v) is 3.03. The van der Waals surface area contributed by atoms with Gasteiger partial charge in [-0.1, -0.05) is 23.9 Å². The first-order valence-corrected chi connectivity index (χ1v) is 9.06. The molecule has 9 nitrogen and oxygen atoms in total. The number of aromatic carboxylic acids is 1. The Morgan fingerprint density at radius 3 is 2.71 bits per heavy atom. The minimum Gasteiger partial charge on any atom is -0.478 e. The Kier molecular flexibility index (Phi) is 5.98. The van der Waals surface area contributed by atoms with Crippen LogP contribution in [0.4, 0.5) is 0 Å². The third kappa shape index (κ3) is 4.72. The number of hydrogen-bond acceptors (Lipinski definition) is 7. The Labute approximate surface area is 164 Å². The minimum atomic E-state index is -1.02. The second-order valence-electron chi connectivity index (χ2n) is 5.60. The van der Waals surface area contributed by atoms with Gasteiger partial charge in [0.15, 0.2) is 0 Å². The van der Waals surface area contributed by atoms with Crippen molar-refractivity contribution in [2.75, 3.05) is 5.75 Å². The van der Waals surface area contributed by atoms with Crippen molar-refractivity contribution in [1.82, 2.24) is 25.5 Å². The van der Waals surface area contributed by atoms with Crippen LogP contribution in [0.15, 0.2) is 53.7 Å². The summed E-state index contributed by atoms with van der Waals surface area (Å²) in [5.41, 5.74) is 2.12. The van der Waals surface area contributed by atoms with Gasteiger partial charge in [-0.2, -0.15) is 9.94 Å². The van der Waals surface area contributed by atoms with Gasteiger partial charge in [0.05, 0.1) is 28.6 Å². The number of carbonyl (C=O) groups excluding carboxylic acids is 1. The summed E-state index contributed by atoms with van der Waals surface area (Å²) in [7, 11) is 0. The molecule has 0 atom stereocenters. The molecule has 10 heteroatoms. The minimum absolute atomic E-state index is 0.103. The fraction of sp³-hybridized carbons (Fsp3) is 0.111. The summed E-state index contributed by atoms with van der Waals surface area (Å²) >= 11 is 1.16. The average Bonchev–Trinajstić information content (AvgIpc) is 3.19. The summed E-state index contributed by atoms with van der Waals surface area (Å²) in [6.45, 7) is 0.316. The summed E-state index contributed by atoms with van der Waals surface area (Å²) in [5.74, 6) is -1.12. The van der Waals surface area contributed by atoms with E-state index in [0.717, 1.165) is 17.3 Å². The van der Waals surface area contributed by atoms with Gasteiger partial charge in [-0.05, 0) is 52.4 Å². The van der Waals surface area contributed by atoms with Crippen molar-refractivity contribution in [2.45, 2.75) is 11.7 Å². The molecule has 0 saturated heterocycles. The topological polar surface area (TPSA) is 134 Å². The molecule has 1 heterocycles. The molecule has 0 radical (unpaired) electrons. The van der Waals surface area contributed by atoms with Crippen LogP contribution in [0, 0.1) is 11.3 Å². The maximum atomic E-state index is 12.1. The first-order valence-electron chi connectivity index (χ1n) is 8.07. The van der Waals surface area contributed by atoms with Crippen molar-refractivity contribution in [1.29, 1.82) is 5.26 Å². The van der Waals surface area contributed by atoms with Crippen LogP contribution in [0.25, 0.3) is 5.69 Å². The van der Waals surface area contributed by atoms with Gasteiger partial charge < -0.3 is 10.4 Å². The van der Waals surface area contributed by atoms with E-state index in [2.05, 4.69) is 26.9 Å². The Morgan fingerprint density at radius 2 is 2.00 bits per heavy atom. The highest BCUT2D eigenvalue weighted by atomic mass is 32.2. The van der Waals surface area contributed by atoms with Gasteiger partial charge in [-0.15, -0.1) is 5.10 Å². The molecule has 3 rings (SSSR count). The zero-order valence-corrected chi connectivity index (χ0v) is 15.3. The molecule has 2 aromatic carbocycles. The van der Waals surface area contributed by atoms with E-state index >= 15 is 0 Å². The van der Waals surface area contributed by atoms with Crippen LogP contribution in [0.3, 0.4) is 0 Å². The summed E-state index contributed by atoms with van der Waals surface area (Å²) in [4.78, 5) is 23.0. The quantitative estimate of drug-likeness (QED) is 0.578. The highest BCUT2D eigenvalue weighted by Gasteiger charge is 2.12. The third-order valence-corrected chi connectivity index (χ3v) is 4.60. The van der Waals surface area contributed by atoms with E-state index in [1.165, 1.54) is 16.8 Å². The van der Waals surface area contributed by atoms with Gasteiger partial charge in [0.2, 0.25) is 11.1 Å². The number of benzene rings is 2. The molecule has 0 bridgehead atoms. The predicted molar refractivity (Wildman–Crippen MR) is 99.8 cm³/mol. The van der Waals surface area contributed by atoms with Crippen LogP contribution in [0.1, 0.15) is 21.5 Å². The number of nitrogens with one attached hydrogen (secondary N) is 1. The molecule has 0 unspecified atom stereocenters. The van der Waals surface area contributed by atoms with Gasteiger partial charge in [0.25, 0.3) is 0 Å². The van der Waals surface area contributed by atoms with Crippen LogP contribution in [0.5, 0.6) is 0 Å². The average molecular weight is 394 g/mol. The molecule has 140 valence electrons. The van der Waals surface area contributed by atoms with Crippen molar-refractivity contribution in [3.8, 4) is 11.8 Å². The molecule has 0 fully saturated rings. The number of carbonyl (C=O) groups is 2. The highest BCUT2D eigenvalue weighted by Crippen LogP contribution is 2.18. The molecule has 0 aliphatic carbocycles. The maximum absolute atomic E-state index is 12.1. The summed E-state index contributed by atoms with van der Waals surface area (Å²) in [5, 5.41) is 32.4. The van der Waals surface area contributed by atoms with Crippen LogP contribution in [-0.2, 0) is 11.3 Å². The van der Waals surface area contributed by atoms with E-state index in [1.807, 2.05) is 6.07 Å². The smallest absolute Gasteiger partial charge is 0.335 e. The molecule has 1 aromatic heterocycles. The van der Waals surface area contributed by atoms with E-state index in [-0.39, 0.29) is 17.2 Å². The number of aromatic nitrogens is 4. The zero-order chi connectivity index (χ0) is 19.9. The van der Waals surface area contributed by atoms with Crippen LogP contribution in [-0.4, -0.2) is 42.9 Å². The number of hydrogen-bond donors (Lipinski definition) is 2. The lowest BCUT2D eigenvalue weighted by molar-refractivity contribution is -0.118. The Hall–Kier alpha value is -3.71. The van der Waals surface area contributed by atoms with Crippen LogP contribution >= 0.6 is 11.8 Å². The standard InChI is InChI=1S/C18H14N6O3S/c19-9-12-2-1-3-13(8-12)10-20-16(25)11-28-18-21-22-23-24(18)15-6-4-14(5-7-15)17(26)27/h1-8H,10-11H2,(H,20,25)(H,26,27). The van der Waals surface area contributed by atoms with E-state index in [0.29, 0.717) is 23.0 Å². The first kappa shape index (κ1) is 19.1. The Morgan fingerprint density at radius 1 is 1.21 bits per heavy atom. The summed E-state index contributed by atoms with van der Waals surface area (Å²) in [6, 6.07) is 15.1. The lowest BCUT2D eigenvalue weighted by Gasteiger charge is -2.06.